The molecule has 0 radical (unpaired) electrons. The van der Waals surface area contributed by atoms with E-state index in [1.54, 1.807) is 32.4 Å². The van der Waals surface area contributed by atoms with E-state index in [2.05, 4.69) is 19.8 Å². The fourth-order valence-electron chi connectivity index (χ4n) is 3.60. The second-order valence-electron chi connectivity index (χ2n) is 6.94. The Kier molecular flexibility index (Phi) is 6.34. The van der Waals surface area contributed by atoms with Crippen molar-refractivity contribution in [1.82, 2.24) is 14.5 Å². The van der Waals surface area contributed by atoms with Crippen molar-refractivity contribution >= 4 is 11.6 Å². The Bertz CT molecular complexity index is 752. The summed E-state index contributed by atoms with van der Waals surface area (Å²) in [5.41, 5.74) is 0.681. The summed E-state index contributed by atoms with van der Waals surface area (Å²) in [4.78, 5) is 19.2. The third-order valence-electron chi connectivity index (χ3n) is 5.02. The molecule has 2 aromatic rings. The van der Waals surface area contributed by atoms with Gasteiger partial charge in [-0.05, 0) is 19.4 Å². The molecular weight excluding hydrogens is 344 g/mol. The van der Waals surface area contributed by atoms with Gasteiger partial charge in [0.15, 0.2) is 0 Å². The van der Waals surface area contributed by atoms with Gasteiger partial charge in [-0.15, -0.1) is 0 Å². The zero-order valence-corrected chi connectivity index (χ0v) is 16.3. The van der Waals surface area contributed by atoms with E-state index in [1.807, 2.05) is 19.4 Å². The van der Waals surface area contributed by atoms with Crippen LogP contribution in [0.15, 0.2) is 30.6 Å². The molecule has 7 heteroatoms. The van der Waals surface area contributed by atoms with Gasteiger partial charge in [0, 0.05) is 68.8 Å². The molecule has 1 aliphatic rings. The minimum Gasteiger partial charge on any atom is -0.497 e. The van der Waals surface area contributed by atoms with Crippen LogP contribution in [-0.2, 0) is 11.8 Å². The van der Waals surface area contributed by atoms with Crippen LogP contribution in [-0.4, -0.2) is 54.2 Å². The van der Waals surface area contributed by atoms with Crippen LogP contribution >= 0.6 is 0 Å². The Hall–Kier alpha value is -2.54. The lowest BCUT2D eigenvalue weighted by atomic mass is 9.97. The van der Waals surface area contributed by atoms with Crippen LogP contribution in [0.4, 0.5) is 5.69 Å². The molecule has 1 aliphatic heterocycles. The van der Waals surface area contributed by atoms with Gasteiger partial charge >= 0.3 is 0 Å². The highest BCUT2D eigenvalue weighted by Crippen LogP contribution is 2.27. The smallest absolute Gasteiger partial charge is 0.225 e. The number of amides is 1. The van der Waals surface area contributed by atoms with Crippen molar-refractivity contribution in [2.24, 2.45) is 7.05 Å². The summed E-state index contributed by atoms with van der Waals surface area (Å²) in [7, 11) is 5.22. The van der Waals surface area contributed by atoms with Crippen molar-refractivity contribution in [1.29, 1.82) is 0 Å². The van der Waals surface area contributed by atoms with Crippen molar-refractivity contribution in [2.45, 2.75) is 25.2 Å². The van der Waals surface area contributed by atoms with Crippen LogP contribution in [0, 0.1) is 0 Å². The van der Waals surface area contributed by atoms with E-state index < -0.39 is 0 Å². The van der Waals surface area contributed by atoms with E-state index in [9.17, 15) is 4.79 Å². The van der Waals surface area contributed by atoms with Gasteiger partial charge in [0.25, 0.3) is 0 Å². The van der Waals surface area contributed by atoms with Crippen molar-refractivity contribution in [3.63, 3.8) is 0 Å². The number of hydrogen-bond acceptors (Lipinski definition) is 5. The normalized spacial score (nSPS) is 17.5. The molecule has 0 bridgehead atoms. The molecule has 0 unspecified atom stereocenters. The predicted octanol–water partition coefficient (Wildman–Crippen LogP) is 2.65. The SMILES string of the molecule is COc1cc(NC(=O)CCN2CCC[C@@H](c3nccn3C)C2)cc(OC)c1. The summed E-state index contributed by atoms with van der Waals surface area (Å²) in [6, 6.07) is 5.36. The highest BCUT2D eigenvalue weighted by Gasteiger charge is 2.24. The largest absolute Gasteiger partial charge is 0.497 e. The molecule has 1 N–H and O–H groups in total. The lowest BCUT2D eigenvalue weighted by Gasteiger charge is -2.32. The van der Waals surface area contributed by atoms with E-state index >= 15 is 0 Å². The molecule has 146 valence electrons. The van der Waals surface area contributed by atoms with E-state index in [-0.39, 0.29) is 5.91 Å². The predicted molar refractivity (Wildman–Crippen MR) is 104 cm³/mol. The molecule has 3 rings (SSSR count). The Labute approximate surface area is 160 Å². The van der Waals surface area contributed by atoms with Crippen LogP contribution in [0.3, 0.4) is 0 Å². The number of aryl methyl sites for hydroxylation is 1. The number of nitrogens with zero attached hydrogens (tertiary/aromatic N) is 3. The highest BCUT2D eigenvalue weighted by molar-refractivity contribution is 5.91. The van der Waals surface area contributed by atoms with Crippen LogP contribution in [0.2, 0.25) is 0 Å². The molecule has 1 aromatic heterocycles. The monoisotopic (exact) mass is 372 g/mol. The van der Waals surface area contributed by atoms with E-state index in [4.69, 9.17) is 9.47 Å². The number of carbonyl (C=O) groups is 1. The topological polar surface area (TPSA) is 68.6 Å². The average Bonchev–Trinajstić information content (AvgIpc) is 3.12. The zero-order valence-electron chi connectivity index (χ0n) is 16.3. The minimum absolute atomic E-state index is 0.00980. The first-order valence-corrected chi connectivity index (χ1v) is 9.31. The molecule has 1 saturated heterocycles. The maximum atomic E-state index is 12.4. The molecule has 1 amide bonds. The molecule has 27 heavy (non-hydrogen) atoms. The standard InChI is InChI=1S/C20H28N4O3/c1-23-10-7-21-20(23)15-5-4-8-24(14-15)9-6-19(25)22-16-11-17(26-2)13-18(12-16)27-3/h7,10-13,15H,4-6,8-9,14H2,1-3H3,(H,22,25)/t15-/m1/s1. The quantitative estimate of drug-likeness (QED) is 0.809. The van der Waals surface area contributed by atoms with Gasteiger partial charge in [0.05, 0.1) is 14.2 Å². The van der Waals surface area contributed by atoms with Crippen molar-refractivity contribution in [3.8, 4) is 11.5 Å². The first kappa shape index (κ1) is 19.2. The van der Waals surface area contributed by atoms with Crippen LogP contribution in [0.25, 0.3) is 0 Å². The average molecular weight is 372 g/mol. The molecule has 2 heterocycles. The number of hydrogen-bond donors (Lipinski definition) is 1. The van der Waals surface area contributed by atoms with Crippen molar-refractivity contribution in [3.05, 3.63) is 36.4 Å². The van der Waals surface area contributed by atoms with Crippen LogP contribution in [0.5, 0.6) is 11.5 Å². The molecule has 0 spiro atoms. The van der Waals surface area contributed by atoms with Gasteiger partial charge in [0.2, 0.25) is 5.91 Å². The number of ether oxygens (including phenoxy) is 2. The minimum atomic E-state index is -0.00980. The number of methoxy groups -OCH3 is 2. The molecular formula is C20H28N4O3. The molecule has 0 saturated carbocycles. The number of anilines is 1. The first-order chi connectivity index (χ1) is 13.1. The Morgan fingerprint density at radius 2 is 2.00 bits per heavy atom. The first-order valence-electron chi connectivity index (χ1n) is 9.31. The van der Waals surface area contributed by atoms with Gasteiger partial charge < -0.3 is 24.3 Å². The van der Waals surface area contributed by atoms with Crippen LogP contribution < -0.4 is 14.8 Å². The zero-order chi connectivity index (χ0) is 19.2. The summed E-state index contributed by atoms with van der Waals surface area (Å²) in [5, 5.41) is 2.94. The second-order valence-corrected chi connectivity index (χ2v) is 6.94. The molecule has 1 fully saturated rings. The number of aromatic nitrogens is 2. The summed E-state index contributed by atoms with van der Waals surface area (Å²) >= 11 is 0. The molecule has 1 atom stereocenters. The van der Waals surface area contributed by atoms with Crippen LogP contribution in [0.1, 0.15) is 31.0 Å². The number of piperidine rings is 1. The number of benzene rings is 1. The third-order valence-corrected chi connectivity index (χ3v) is 5.02. The number of rotatable bonds is 7. The highest BCUT2D eigenvalue weighted by atomic mass is 16.5. The second kappa shape index (κ2) is 8.90. The number of likely N-dealkylation sites (tertiary alicyclic amines) is 1. The lowest BCUT2D eigenvalue weighted by molar-refractivity contribution is -0.116. The lowest BCUT2D eigenvalue weighted by Crippen LogP contribution is -2.37. The fraction of sp³-hybridized carbons (Fsp3) is 0.500. The summed E-state index contributed by atoms with van der Waals surface area (Å²) in [6.45, 7) is 2.72. The van der Waals surface area contributed by atoms with Gasteiger partial charge in [-0.2, -0.15) is 0 Å². The van der Waals surface area contributed by atoms with Crippen molar-refractivity contribution in [2.75, 3.05) is 39.2 Å². The molecule has 0 aliphatic carbocycles. The molecule has 7 nitrogen and oxygen atoms in total. The summed E-state index contributed by atoms with van der Waals surface area (Å²) in [5.74, 6) is 2.86. The Morgan fingerprint density at radius 1 is 1.26 bits per heavy atom. The maximum Gasteiger partial charge on any atom is 0.225 e. The molecule has 1 aromatic carbocycles. The van der Waals surface area contributed by atoms with Crippen molar-refractivity contribution < 1.29 is 14.3 Å². The van der Waals surface area contributed by atoms with E-state index in [0.717, 1.165) is 38.3 Å². The maximum absolute atomic E-state index is 12.4. The number of imidazole rings is 1. The fourth-order valence-corrected chi connectivity index (χ4v) is 3.60. The van der Waals surface area contributed by atoms with Gasteiger partial charge in [-0.3, -0.25) is 4.79 Å². The Balaban J connectivity index is 1.52. The van der Waals surface area contributed by atoms with Gasteiger partial charge in [0.1, 0.15) is 17.3 Å². The Morgan fingerprint density at radius 3 is 2.63 bits per heavy atom. The third kappa shape index (κ3) is 5.01. The van der Waals surface area contributed by atoms with Gasteiger partial charge in [-0.25, -0.2) is 4.98 Å². The summed E-state index contributed by atoms with van der Waals surface area (Å²) < 4.78 is 12.6. The van der Waals surface area contributed by atoms with E-state index in [1.165, 1.54) is 0 Å². The van der Waals surface area contributed by atoms with Gasteiger partial charge in [-0.1, -0.05) is 0 Å². The number of nitrogens with one attached hydrogen (secondary N) is 1. The summed E-state index contributed by atoms with van der Waals surface area (Å²) in [6.07, 6.45) is 6.57. The number of carbonyl (C=O) groups excluding carboxylic acids is 1. The van der Waals surface area contributed by atoms with E-state index in [0.29, 0.717) is 29.5 Å².